The molecule has 9 heteroatoms. The molecule has 0 saturated carbocycles. The molecular formula is C18H16N2O6S. The van der Waals surface area contributed by atoms with Crippen molar-refractivity contribution in [1.29, 1.82) is 0 Å². The molecule has 2 amide bonds. The highest BCUT2D eigenvalue weighted by molar-refractivity contribution is 7.90. The van der Waals surface area contributed by atoms with E-state index in [1.165, 1.54) is 56.5 Å². The fourth-order valence-corrected chi connectivity index (χ4v) is 4.47. The molecule has 2 aromatic rings. The van der Waals surface area contributed by atoms with E-state index >= 15 is 0 Å². The lowest BCUT2D eigenvalue weighted by atomic mass is 10.2. The van der Waals surface area contributed by atoms with Crippen LogP contribution in [0, 0.1) is 0 Å². The highest BCUT2D eigenvalue weighted by Gasteiger charge is 2.45. The Kier molecular flexibility index (Phi) is 4.71. The van der Waals surface area contributed by atoms with E-state index in [-0.39, 0.29) is 10.5 Å². The summed E-state index contributed by atoms with van der Waals surface area (Å²) in [6, 6.07) is 10.4. The van der Waals surface area contributed by atoms with Gasteiger partial charge in [0.25, 0.3) is 15.9 Å². The highest BCUT2D eigenvalue weighted by atomic mass is 32.2. The number of nitrogens with zero attached hydrogens (tertiary/aromatic N) is 1. The molecule has 0 radical (unpaired) electrons. The van der Waals surface area contributed by atoms with Crippen LogP contribution in [0.5, 0.6) is 0 Å². The quantitative estimate of drug-likeness (QED) is 0.798. The number of methoxy groups -OCH3 is 1. The maximum absolute atomic E-state index is 12.6. The number of rotatable bonds is 4. The summed E-state index contributed by atoms with van der Waals surface area (Å²) in [5, 5.41) is 2.54. The molecular weight excluding hydrogens is 372 g/mol. The number of sulfonamides is 1. The number of nitrogens with one attached hydrogen (secondary N) is 1. The van der Waals surface area contributed by atoms with Gasteiger partial charge in [0.05, 0.1) is 18.2 Å². The molecule has 0 bridgehead atoms. The molecule has 0 saturated heterocycles. The number of hydrogen-bond acceptors (Lipinski definition) is 6. The average Bonchev–Trinajstić information content (AvgIpc) is 2.87. The molecule has 0 spiro atoms. The maximum atomic E-state index is 12.6. The van der Waals surface area contributed by atoms with Gasteiger partial charge in [-0.25, -0.2) is 17.5 Å². The van der Waals surface area contributed by atoms with Gasteiger partial charge in [0.1, 0.15) is 10.9 Å². The molecule has 1 N–H and O–H groups in total. The fraction of sp³-hybridized carbons (Fsp3) is 0.167. The lowest BCUT2D eigenvalue weighted by Gasteiger charge is -2.22. The SMILES string of the molecule is COC(=O)c1ccc(NC(=O)[C@H](C)N2C(=O)c3ccccc3S2(=O)=O)cc1. The maximum Gasteiger partial charge on any atom is 0.337 e. The van der Waals surface area contributed by atoms with Crippen molar-refractivity contribution in [3.05, 3.63) is 59.7 Å². The van der Waals surface area contributed by atoms with Gasteiger partial charge in [-0.3, -0.25) is 9.59 Å². The van der Waals surface area contributed by atoms with Crippen molar-refractivity contribution in [2.75, 3.05) is 12.4 Å². The molecule has 1 aliphatic heterocycles. The van der Waals surface area contributed by atoms with Crippen LogP contribution in [-0.2, 0) is 19.6 Å². The van der Waals surface area contributed by atoms with E-state index in [0.717, 1.165) is 0 Å². The lowest BCUT2D eigenvalue weighted by Crippen LogP contribution is -2.45. The van der Waals surface area contributed by atoms with E-state index in [9.17, 15) is 22.8 Å². The third kappa shape index (κ3) is 3.17. The van der Waals surface area contributed by atoms with Gasteiger partial charge in [-0.1, -0.05) is 12.1 Å². The summed E-state index contributed by atoms with van der Waals surface area (Å²) in [5.74, 6) is -1.94. The van der Waals surface area contributed by atoms with Crippen molar-refractivity contribution in [2.45, 2.75) is 17.9 Å². The van der Waals surface area contributed by atoms with Crippen LogP contribution in [0.1, 0.15) is 27.6 Å². The Morgan fingerprint density at radius 3 is 2.30 bits per heavy atom. The summed E-state index contributed by atoms with van der Waals surface area (Å²) in [6.45, 7) is 1.33. The van der Waals surface area contributed by atoms with Gasteiger partial charge in [0.15, 0.2) is 0 Å². The molecule has 0 unspecified atom stereocenters. The molecule has 8 nitrogen and oxygen atoms in total. The van der Waals surface area contributed by atoms with E-state index in [2.05, 4.69) is 10.1 Å². The van der Waals surface area contributed by atoms with Crippen LogP contribution in [0.2, 0.25) is 0 Å². The summed E-state index contributed by atoms with van der Waals surface area (Å²) >= 11 is 0. The number of benzene rings is 2. The second-order valence-corrected chi connectivity index (χ2v) is 7.62. The van der Waals surface area contributed by atoms with Crippen molar-refractivity contribution in [2.24, 2.45) is 0 Å². The zero-order chi connectivity index (χ0) is 19.8. The van der Waals surface area contributed by atoms with Gasteiger partial charge in [0.2, 0.25) is 5.91 Å². The predicted molar refractivity (Wildman–Crippen MR) is 95.7 cm³/mol. The Labute approximate surface area is 155 Å². The minimum atomic E-state index is -4.09. The van der Waals surface area contributed by atoms with Gasteiger partial charge in [-0.2, -0.15) is 0 Å². The van der Waals surface area contributed by atoms with Crippen LogP contribution in [0.4, 0.5) is 5.69 Å². The van der Waals surface area contributed by atoms with E-state index in [1.54, 1.807) is 6.07 Å². The zero-order valence-corrected chi connectivity index (χ0v) is 15.3. The van der Waals surface area contributed by atoms with Gasteiger partial charge < -0.3 is 10.1 Å². The Bertz CT molecular complexity index is 1030. The summed E-state index contributed by atoms with van der Waals surface area (Å²) in [4.78, 5) is 36.3. The summed E-state index contributed by atoms with van der Waals surface area (Å²) < 4.78 is 30.4. The molecule has 0 aliphatic carbocycles. The van der Waals surface area contributed by atoms with Crippen LogP contribution in [-0.4, -0.2) is 43.7 Å². The third-order valence-corrected chi connectivity index (χ3v) is 6.07. The van der Waals surface area contributed by atoms with Gasteiger partial charge in [-0.15, -0.1) is 0 Å². The molecule has 1 heterocycles. The van der Waals surface area contributed by atoms with Crippen LogP contribution in [0.15, 0.2) is 53.4 Å². The zero-order valence-electron chi connectivity index (χ0n) is 14.5. The minimum absolute atomic E-state index is 0.0413. The first-order chi connectivity index (χ1) is 12.8. The first-order valence-electron chi connectivity index (χ1n) is 7.94. The van der Waals surface area contributed by atoms with E-state index in [1.807, 2.05) is 0 Å². The Morgan fingerprint density at radius 2 is 1.70 bits per heavy atom. The van der Waals surface area contributed by atoms with Crippen molar-refractivity contribution < 1.29 is 27.5 Å². The number of esters is 1. The Balaban J connectivity index is 1.80. The van der Waals surface area contributed by atoms with Crippen LogP contribution in [0.3, 0.4) is 0 Å². The van der Waals surface area contributed by atoms with Gasteiger partial charge in [0, 0.05) is 5.69 Å². The van der Waals surface area contributed by atoms with Crippen LogP contribution in [0.25, 0.3) is 0 Å². The molecule has 2 aromatic carbocycles. The summed E-state index contributed by atoms with van der Waals surface area (Å²) in [6.07, 6.45) is 0. The minimum Gasteiger partial charge on any atom is -0.465 e. The van der Waals surface area contributed by atoms with Crippen LogP contribution < -0.4 is 5.32 Å². The Hall–Kier alpha value is -3.20. The molecule has 3 rings (SSSR count). The highest BCUT2D eigenvalue weighted by Crippen LogP contribution is 2.31. The van der Waals surface area contributed by atoms with Crippen molar-refractivity contribution in [3.63, 3.8) is 0 Å². The standard InChI is InChI=1S/C18H16N2O6S/c1-11(16(21)19-13-9-7-12(8-10-13)18(23)26-2)20-17(22)14-5-3-4-6-15(14)27(20,24)25/h3-11H,1-2H3,(H,19,21)/t11-/m0/s1. The second kappa shape index (κ2) is 6.84. The largest absolute Gasteiger partial charge is 0.465 e. The summed E-state index contributed by atoms with van der Waals surface area (Å²) in [7, 11) is -2.84. The molecule has 140 valence electrons. The van der Waals surface area contributed by atoms with Crippen LogP contribution >= 0.6 is 0 Å². The van der Waals surface area contributed by atoms with Gasteiger partial charge in [-0.05, 0) is 43.3 Å². The smallest absolute Gasteiger partial charge is 0.337 e. The van der Waals surface area contributed by atoms with E-state index in [4.69, 9.17) is 0 Å². The number of hydrogen-bond donors (Lipinski definition) is 1. The number of amides is 2. The number of carbonyl (C=O) groups is 3. The van der Waals surface area contributed by atoms with E-state index in [0.29, 0.717) is 15.6 Å². The average molecular weight is 388 g/mol. The predicted octanol–water partition coefficient (Wildman–Crippen LogP) is 1.64. The number of carbonyl (C=O) groups excluding carboxylic acids is 3. The molecule has 1 aliphatic rings. The number of ether oxygens (including phenoxy) is 1. The fourth-order valence-electron chi connectivity index (χ4n) is 2.75. The first-order valence-corrected chi connectivity index (χ1v) is 9.38. The monoisotopic (exact) mass is 388 g/mol. The second-order valence-electron chi connectivity index (χ2n) is 5.84. The normalized spacial score (nSPS) is 15.8. The molecule has 0 fully saturated rings. The number of anilines is 1. The topological polar surface area (TPSA) is 110 Å². The number of fused-ring (bicyclic) bond motifs is 1. The van der Waals surface area contributed by atoms with Crippen molar-refractivity contribution in [3.8, 4) is 0 Å². The van der Waals surface area contributed by atoms with Crippen molar-refractivity contribution in [1.82, 2.24) is 4.31 Å². The summed E-state index contributed by atoms with van der Waals surface area (Å²) in [5.41, 5.74) is 0.692. The molecule has 1 atom stereocenters. The Morgan fingerprint density at radius 1 is 1.07 bits per heavy atom. The first kappa shape index (κ1) is 18.6. The van der Waals surface area contributed by atoms with Gasteiger partial charge >= 0.3 is 5.97 Å². The third-order valence-electron chi connectivity index (χ3n) is 4.16. The van der Waals surface area contributed by atoms with Crippen molar-refractivity contribution >= 4 is 33.5 Å². The van der Waals surface area contributed by atoms with E-state index < -0.39 is 33.8 Å². The molecule has 27 heavy (non-hydrogen) atoms. The molecule has 0 aromatic heterocycles. The lowest BCUT2D eigenvalue weighted by molar-refractivity contribution is -0.118.